The van der Waals surface area contributed by atoms with Gasteiger partial charge in [0, 0.05) is 33.9 Å². The predicted octanol–water partition coefficient (Wildman–Crippen LogP) is 1.39. The van der Waals surface area contributed by atoms with Crippen LogP contribution >= 0.6 is 0 Å². The lowest BCUT2D eigenvalue weighted by atomic mass is 10.4. The highest BCUT2D eigenvalue weighted by atomic mass is 16.2. The molecule has 0 aliphatic heterocycles. The predicted molar refractivity (Wildman–Crippen MR) is 103 cm³/mol. The molecule has 2 aromatic heterocycles. The van der Waals surface area contributed by atoms with Crippen LogP contribution in [0.1, 0.15) is 27.7 Å². The zero-order chi connectivity index (χ0) is 21.1. The molecule has 148 valence electrons. The zero-order valence-electron chi connectivity index (χ0n) is 15.9. The van der Waals surface area contributed by atoms with Gasteiger partial charge in [-0.1, -0.05) is 6.07 Å². The van der Waals surface area contributed by atoms with E-state index in [2.05, 4.69) is 36.2 Å². The largest absolute Gasteiger partial charge is 0.311 e. The molecule has 0 fully saturated rings. The molecule has 2 aromatic rings. The van der Waals surface area contributed by atoms with Gasteiger partial charge in [-0.3, -0.25) is 24.5 Å². The van der Waals surface area contributed by atoms with Crippen molar-refractivity contribution >= 4 is 47.0 Å². The summed E-state index contributed by atoms with van der Waals surface area (Å²) in [5.41, 5.74) is 0. The average Bonchev–Trinajstić information content (AvgIpc) is 2.53. The summed E-state index contributed by atoms with van der Waals surface area (Å²) in [6.07, 6.45) is 1.45. The third-order valence-electron chi connectivity index (χ3n) is 2.60. The first-order valence-corrected chi connectivity index (χ1v) is 8.06. The van der Waals surface area contributed by atoms with E-state index in [4.69, 9.17) is 0 Å². The van der Waals surface area contributed by atoms with E-state index in [0.717, 1.165) is 0 Å². The number of carbonyl (C=O) groups excluding carboxylic acids is 4. The smallest absolute Gasteiger partial charge is 0.231 e. The van der Waals surface area contributed by atoms with Crippen molar-refractivity contribution in [2.75, 3.05) is 21.3 Å². The molecule has 11 heteroatoms. The van der Waals surface area contributed by atoms with Crippen LogP contribution < -0.4 is 21.3 Å². The molecule has 0 spiro atoms. The molecular formula is C17H21N7O4. The fourth-order valence-corrected chi connectivity index (χ4v) is 1.76. The molecule has 0 radical (unpaired) electrons. The van der Waals surface area contributed by atoms with Crippen molar-refractivity contribution in [2.45, 2.75) is 27.7 Å². The number of nitrogens with zero attached hydrogens (tertiary/aromatic N) is 3. The molecule has 0 saturated carbocycles. The summed E-state index contributed by atoms with van der Waals surface area (Å²) < 4.78 is 0. The van der Waals surface area contributed by atoms with Crippen molar-refractivity contribution in [2.24, 2.45) is 0 Å². The lowest BCUT2D eigenvalue weighted by Gasteiger charge is -2.04. The van der Waals surface area contributed by atoms with Crippen LogP contribution in [0.3, 0.4) is 0 Å². The molecule has 0 atom stereocenters. The molecular weight excluding hydrogens is 366 g/mol. The second-order valence-corrected chi connectivity index (χ2v) is 5.40. The maximum absolute atomic E-state index is 10.7. The van der Waals surface area contributed by atoms with Gasteiger partial charge in [0.25, 0.3) is 0 Å². The Morgan fingerprint density at radius 1 is 0.643 bits per heavy atom. The highest BCUT2D eigenvalue weighted by Crippen LogP contribution is 2.08. The molecule has 0 saturated heterocycles. The topological polar surface area (TPSA) is 155 Å². The van der Waals surface area contributed by atoms with Gasteiger partial charge in [0.05, 0.1) is 0 Å². The molecule has 0 aliphatic carbocycles. The minimum absolute atomic E-state index is 0.170. The summed E-state index contributed by atoms with van der Waals surface area (Å²) in [4.78, 5) is 54.4. The van der Waals surface area contributed by atoms with Crippen LogP contribution in [0.25, 0.3) is 0 Å². The van der Waals surface area contributed by atoms with Crippen LogP contribution in [0.2, 0.25) is 0 Å². The first kappa shape index (κ1) is 22.2. The quantitative estimate of drug-likeness (QED) is 0.618. The fourth-order valence-electron chi connectivity index (χ4n) is 1.76. The Morgan fingerprint density at radius 3 is 1.50 bits per heavy atom. The van der Waals surface area contributed by atoms with Gasteiger partial charge in [0.2, 0.25) is 29.6 Å². The van der Waals surface area contributed by atoms with Crippen LogP contribution in [0.4, 0.5) is 23.4 Å². The molecule has 0 aromatic carbocycles. The number of amides is 4. The minimum Gasteiger partial charge on any atom is -0.311 e. The summed E-state index contributed by atoms with van der Waals surface area (Å²) in [5.74, 6) is 0.491. The summed E-state index contributed by atoms with van der Waals surface area (Å²) in [6, 6.07) is 6.52. The molecule has 11 nitrogen and oxygen atoms in total. The molecule has 0 unspecified atom stereocenters. The monoisotopic (exact) mass is 387 g/mol. The normalized spacial score (nSPS) is 9.29. The van der Waals surface area contributed by atoms with Crippen LogP contribution in [-0.4, -0.2) is 38.6 Å². The second-order valence-electron chi connectivity index (χ2n) is 5.40. The van der Waals surface area contributed by atoms with E-state index in [1.54, 1.807) is 18.2 Å². The number of pyridine rings is 1. The van der Waals surface area contributed by atoms with Crippen molar-refractivity contribution in [3.63, 3.8) is 0 Å². The molecule has 28 heavy (non-hydrogen) atoms. The van der Waals surface area contributed by atoms with Crippen molar-refractivity contribution in [3.8, 4) is 0 Å². The summed E-state index contributed by atoms with van der Waals surface area (Å²) in [5, 5.41) is 9.92. The number of hydrogen-bond donors (Lipinski definition) is 4. The third-order valence-corrected chi connectivity index (χ3v) is 2.60. The van der Waals surface area contributed by atoms with E-state index in [-0.39, 0.29) is 29.6 Å². The molecule has 4 N–H and O–H groups in total. The maximum Gasteiger partial charge on any atom is 0.231 e. The Labute approximate surface area is 161 Å². The first-order valence-electron chi connectivity index (χ1n) is 8.06. The highest BCUT2D eigenvalue weighted by molar-refractivity contribution is 5.90. The van der Waals surface area contributed by atoms with Crippen LogP contribution in [0, 0.1) is 0 Å². The Hall–Kier alpha value is -3.89. The van der Waals surface area contributed by atoms with Crippen molar-refractivity contribution in [1.29, 1.82) is 0 Å². The SMILES string of the molecule is CC(=O)Nc1cccc(NC(C)=O)n1.CC(=O)Nc1ccnc(NC(C)=O)n1. The second kappa shape index (κ2) is 11.0. The van der Waals surface area contributed by atoms with Gasteiger partial charge >= 0.3 is 0 Å². The van der Waals surface area contributed by atoms with Crippen LogP contribution in [0.15, 0.2) is 30.5 Å². The van der Waals surface area contributed by atoms with E-state index < -0.39 is 0 Å². The first-order chi connectivity index (χ1) is 13.2. The van der Waals surface area contributed by atoms with Gasteiger partial charge < -0.3 is 16.0 Å². The Balaban J connectivity index is 0.000000280. The van der Waals surface area contributed by atoms with Gasteiger partial charge in [-0.05, 0) is 18.2 Å². The number of aromatic nitrogens is 3. The van der Waals surface area contributed by atoms with E-state index in [1.165, 1.54) is 40.0 Å². The van der Waals surface area contributed by atoms with Crippen molar-refractivity contribution < 1.29 is 19.2 Å². The fraction of sp³-hybridized carbons (Fsp3) is 0.235. The van der Waals surface area contributed by atoms with Crippen LogP contribution in [0.5, 0.6) is 0 Å². The van der Waals surface area contributed by atoms with Crippen molar-refractivity contribution in [3.05, 3.63) is 30.5 Å². The molecule has 0 bridgehead atoms. The lowest BCUT2D eigenvalue weighted by Crippen LogP contribution is -2.12. The minimum atomic E-state index is -0.259. The van der Waals surface area contributed by atoms with Gasteiger partial charge in [0.15, 0.2) is 0 Å². The maximum atomic E-state index is 10.7. The molecule has 0 aliphatic rings. The highest BCUT2D eigenvalue weighted by Gasteiger charge is 2.02. The Bertz CT molecular complexity index is 736. The molecule has 2 heterocycles. The van der Waals surface area contributed by atoms with E-state index in [0.29, 0.717) is 17.5 Å². The molecule has 4 amide bonds. The Kier molecular flexibility index (Phi) is 8.67. The summed E-state index contributed by atoms with van der Waals surface area (Å²) >= 11 is 0. The van der Waals surface area contributed by atoms with Crippen molar-refractivity contribution in [1.82, 2.24) is 15.0 Å². The van der Waals surface area contributed by atoms with Gasteiger partial charge in [-0.2, -0.15) is 4.98 Å². The average molecular weight is 387 g/mol. The standard InChI is InChI=1S/C9H11N3O2.C8H10N4O2/c1-6(13)10-8-4-3-5-9(12-8)11-7(2)14;1-5(13)10-7-3-4-9-8(12-7)11-6(2)14/h3-5H,1-2H3,(H2,10,11,12,13,14);3-4H,1-2H3,(H2,9,10,11,12,13,14). The number of hydrogen-bond acceptors (Lipinski definition) is 7. The zero-order valence-corrected chi connectivity index (χ0v) is 15.9. The van der Waals surface area contributed by atoms with E-state index in [1.807, 2.05) is 0 Å². The van der Waals surface area contributed by atoms with Gasteiger partial charge in [0.1, 0.15) is 17.5 Å². The number of nitrogens with one attached hydrogen (secondary N) is 4. The van der Waals surface area contributed by atoms with Crippen LogP contribution in [-0.2, 0) is 19.2 Å². The van der Waals surface area contributed by atoms with E-state index >= 15 is 0 Å². The van der Waals surface area contributed by atoms with Gasteiger partial charge in [-0.15, -0.1) is 0 Å². The molecule has 2 rings (SSSR count). The number of carbonyl (C=O) groups is 4. The van der Waals surface area contributed by atoms with E-state index in [9.17, 15) is 19.2 Å². The number of anilines is 4. The third kappa shape index (κ3) is 9.56. The number of rotatable bonds is 4. The summed E-state index contributed by atoms with van der Waals surface area (Å²) in [7, 11) is 0. The van der Waals surface area contributed by atoms with Gasteiger partial charge in [-0.25, -0.2) is 9.97 Å². The lowest BCUT2D eigenvalue weighted by molar-refractivity contribution is -0.115. The Morgan fingerprint density at radius 2 is 1.07 bits per heavy atom. The summed E-state index contributed by atoms with van der Waals surface area (Å²) in [6.45, 7) is 5.52.